The third-order valence-corrected chi connectivity index (χ3v) is 5.03. The molecule has 1 saturated carbocycles. The van der Waals surface area contributed by atoms with Crippen LogP contribution in [0.2, 0.25) is 5.02 Å². The van der Waals surface area contributed by atoms with Crippen LogP contribution in [-0.2, 0) is 4.79 Å². The molecule has 0 aliphatic heterocycles. The Balaban J connectivity index is 2.08. The van der Waals surface area contributed by atoms with E-state index in [0.717, 1.165) is 25.7 Å². The van der Waals surface area contributed by atoms with Gasteiger partial charge in [0.05, 0.1) is 10.7 Å². The maximum atomic E-state index is 13.2. The zero-order chi connectivity index (χ0) is 15.5. The second-order valence-corrected chi connectivity index (χ2v) is 6.82. The second kappa shape index (κ2) is 7.07. The summed E-state index contributed by atoms with van der Waals surface area (Å²) in [5.41, 5.74) is 0.284. The van der Waals surface area contributed by atoms with E-state index >= 15 is 0 Å². The van der Waals surface area contributed by atoms with Gasteiger partial charge in [-0.3, -0.25) is 4.79 Å². The summed E-state index contributed by atoms with van der Waals surface area (Å²) >= 11 is 9.22. The standard InChI is InChI=1S/C15H19BrClFN2O/c1-19-15(5-3-2-4-6-15)9-13(21)20-14-11(16)7-10(18)8-12(14)17/h7-8,19H,2-6,9H2,1H3,(H,20,21). The monoisotopic (exact) mass is 376 g/mol. The molecule has 116 valence electrons. The SMILES string of the molecule is CNC1(CC(=O)Nc2c(Cl)cc(F)cc2Br)CCCCC1. The number of carbonyl (C=O) groups is 1. The van der Waals surface area contributed by atoms with Crippen LogP contribution < -0.4 is 10.6 Å². The van der Waals surface area contributed by atoms with E-state index in [2.05, 4.69) is 26.6 Å². The molecule has 0 radical (unpaired) electrons. The van der Waals surface area contributed by atoms with Crippen LogP contribution in [0, 0.1) is 5.82 Å². The molecule has 2 rings (SSSR count). The lowest BCUT2D eigenvalue weighted by molar-refractivity contribution is -0.117. The molecule has 1 aliphatic rings. The maximum absolute atomic E-state index is 13.2. The van der Waals surface area contributed by atoms with E-state index < -0.39 is 5.82 Å². The first kappa shape index (κ1) is 16.7. The summed E-state index contributed by atoms with van der Waals surface area (Å²) in [6, 6.07) is 2.48. The average molecular weight is 378 g/mol. The molecule has 0 bridgehead atoms. The van der Waals surface area contributed by atoms with Crippen molar-refractivity contribution < 1.29 is 9.18 Å². The molecule has 0 atom stereocenters. The van der Waals surface area contributed by atoms with Gasteiger partial charge in [0.25, 0.3) is 0 Å². The highest BCUT2D eigenvalue weighted by Crippen LogP contribution is 2.34. The van der Waals surface area contributed by atoms with Gasteiger partial charge >= 0.3 is 0 Å². The highest BCUT2D eigenvalue weighted by Gasteiger charge is 2.32. The predicted octanol–water partition coefficient (Wildman–Crippen LogP) is 4.49. The van der Waals surface area contributed by atoms with Crippen molar-refractivity contribution in [2.24, 2.45) is 0 Å². The van der Waals surface area contributed by atoms with Crippen LogP contribution in [-0.4, -0.2) is 18.5 Å². The summed E-state index contributed by atoms with van der Waals surface area (Å²) in [4.78, 5) is 12.3. The summed E-state index contributed by atoms with van der Waals surface area (Å²) in [6.45, 7) is 0. The molecule has 0 saturated heterocycles. The molecule has 6 heteroatoms. The van der Waals surface area contributed by atoms with Crippen molar-refractivity contribution >= 4 is 39.1 Å². The lowest BCUT2D eigenvalue weighted by atomic mass is 9.79. The van der Waals surface area contributed by atoms with Gasteiger partial charge in [-0.05, 0) is 48.0 Å². The zero-order valence-corrected chi connectivity index (χ0v) is 14.3. The molecule has 1 aromatic rings. The van der Waals surface area contributed by atoms with Gasteiger partial charge in [0.15, 0.2) is 0 Å². The number of hydrogen-bond acceptors (Lipinski definition) is 2. The lowest BCUT2D eigenvalue weighted by Gasteiger charge is -2.36. The van der Waals surface area contributed by atoms with E-state index in [4.69, 9.17) is 11.6 Å². The number of rotatable bonds is 4. The fraction of sp³-hybridized carbons (Fsp3) is 0.533. The quantitative estimate of drug-likeness (QED) is 0.811. The molecule has 1 fully saturated rings. The highest BCUT2D eigenvalue weighted by atomic mass is 79.9. The van der Waals surface area contributed by atoms with Crippen molar-refractivity contribution in [3.63, 3.8) is 0 Å². The third kappa shape index (κ3) is 4.18. The first-order valence-electron chi connectivity index (χ1n) is 7.09. The molecule has 0 aromatic heterocycles. The molecule has 2 N–H and O–H groups in total. The van der Waals surface area contributed by atoms with E-state index in [1.54, 1.807) is 0 Å². The van der Waals surface area contributed by atoms with Gasteiger partial charge in [-0.25, -0.2) is 4.39 Å². The van der Waals surface area contributed by atoms with Crippen LogP contribution in [0.5, 0.6) is 0 Å². The smallest absolute Gasteiger partial charge is 0.226 e. The van der Waals surface area contributed by atoms with E-state index in [9.17, 15) is 9.18 Å². The molecule has 1 aliphatic carbocycles. The molecule has 0 unspecified atom stereocenters. The Hall–Kier alpha value is -0.650. The van der Waals surface area contributed by atoms with Gasteiger partial charge in [-0.2, -0.15) is 0 Å². The summed E-state index contributed by atoms with van der Waals surface area (Å²) in [6.07, 6.45) is 5.87. The third-order valence-electron chi connectivity index (χ3n) is 4.11. The fourth-order valence-corrected chi connectivity index (χ4v) is 3.80. The van der Waals surface area contributed by atoms with Crippen LogP contribution in [0.1, 0.15) is 38.5 Å². The molecule has 0 heterocycles. The van der Waals surface area contributed by atoms with Gasteiger partial charge in [0, 0.05) is 16.4 Å². The van der Waals surface area contributed by atoms with Crippen molar-refractivity contribution in [1.82, 2.24) is 5.32 Å². The number of halogens is 3. The lowest BCUT2D eigenvalue weighted by Crippen LogP contribution is -2.47. The van der Waals surface area contributed by atoms with Crippen LogP contribution >= 0.6 is 27.5 Å². The number of benzene rings is 1. The minimum absolute atomic E-state index is 0.111. The zero-order valence-electron chi connectivity index (χ0n) is 11.9. The van der Waals surface area contributed by atoms with Gasteiger partial charge in [0.2, 0.25) is 5.91 Å². The molecular weight excluding hydrogens is 359 g/mol. The Morgan fingerprint density at radius 1 is 1.38 bits per heavy atom. The predicted molar refractivity (Wildman–Crippen MR) is 87.2 cm³/mol. The minimum Gasteiger partial charge on any atom is -0.324 e. The molecule has 1 amide bonds. The number of carbonyl (C=O) groups excluding carboxylic acids is 1. The van der Waals surface area contributed by atoms with Crippen molar-refractivity contribution in [2.45, 2.75) is 44.1 Å². The van der Waals surface area contributed by atoms with Gasteiger partial charge in [0.1, 0.15) is 5.82 Å². The maximum Gasteiger partial charge on any atom is 0.226 e. The first-order chi connectivity index (χ1) is 9.96. The average Bonchev–Trinajstić information content (AvgIpc) is 2.44. The largest absolute Gasteiger partial charge is 0.324 e. The van der Waals surface area contributed by atoms with E-state index in [-0.39, 0.29) is 16.5 Å². The molecule has 21 heavy (non-hydrogen) atoms. The van der Waals surface area contributed by atoms with E-state index in [1.165, 1.54) is 18.6 Å². The Morgan fingerprint density at radius 3 is 2.62 bits per heavy atom. The van der Waals surface area contributed by atoms with Crippen LogP contribution in [0.15, 0.2) is 16.6 Å². The number of hydrogen-bond donors (Lipinski definition) is 2. The minimum atomic E-state index is -0.441. The molecule has 3 nitrogen and oxygen atoms in total. The second-order valence-electron chi connectivity index (χ2n) is 5.56. The summed E-state index contributed by atoms with van der Waals surface area (Å²) in [7, 11) is 1.90. The van der Waals surface area contributed by atoms with Crippen LogP contribution in [0.25, 0.3) is 0 Å². The summed E-state index contributed by atoms with van der Waals surface area (Å²) < 4.78 is 13.6. The van der Waals surface area contributed by atoms with Crippen LogP contribution in [0.3, 0.4) is 0 Å². The Bertz CT molecular complexity index is 509. The molecular formula is C15H19BrClFN2O. The van der Waals surface area contributed by atoms with Crippen molar-refractivity contribution in [3.8, 4) is 0 Å². The molecule has 0 spiro atoms. The molecule has 1 aromatic carbocycles. The Kier molecular flexibility index (Phi) is 5.63. The van der Waals surface area contributed by atoms with Crippen molar-refractivity contribution in [3.05, 3.63) is 27.4 Å². The summed E-state index contributed by atoms with van der Waals surface area (Å²) in [5, 5.41) is 6.29. The topological polar surface area (TPSA) is 41.1 Å². The number of anilines is 1. The summed E-state index contributed by atoms with van der Waals surface area (Å²) in [5.74, 6) is -0.552. The van der Waals surface area contributed by atoms with Crippen molar-refractivity contribution in [2.75, 3.05) is 12.4 Å². The van der Waals surface area contributed by atoms with Crippen molar-refractivity contribution in [1.29, 1.82) is 0 Å². The normalized spacial score (nSPS) is 17.5. The highest BCUT2D eigenvalue weighted by molar-refractivity contribution is 9.10. The van der Waals surface area contributed by atoms with Crippen LogP contribution in [0.4, 0.5) is 10.1 Å². The van der Waals surface area contributed by atoms with Gasteiger partial charge in [-0.1, -0.05) is 30.9 Å². The van der Waals surface area contributed by atoms with Gasteiger partial charge in [-0.15, -0.1) is 0 Å². The fourth-order valence-electron chi connectivity index (χ4n) is 2.90. The first-order valence-corrected chi connectivity index (χ1v) is 8.26. The number of nitrogens with one attached hydrogen (secondary N) is 2. The Morgan fingerprint density at radius 2 is 2.05 bits per heavy atom. The number of amides is 1. The van der Waals surface area contributed by atoms with E-state index in [1.807, 2.05) is 7.05 Å². The van der Waals surface area contributed by atoms with Gasteiger partial charge < -0.3 is 10.6 Å². The van der Waals surface area contributed by atoms with E-state index in [0.29, 0.717) is 16.6 Å². The Labute approximate surface area is 137 Å².